The Balaban J connectivity index is 1.27. The third-order valence-corrected chi connectivity index (χ3v) is 4.61. The molecule has 0 aliphatic carbocycles. The minimum absolute atomic E-state index is 0.00259. The van der Waals surface area contributed by atoms with E-state index in [1.54, 1.807) is 36.7 Å². The van der Waals surface area contributed by atoms with Crippen LogP contribution in [-0.2, 0) is 4.79 Å². The number of benzene rings is 1. The maximum Gasteiger partial charge on any atom is 0.238 e. The maximum absolute atomic E-state index is 12.2. The van der Waals surface area contributed by atoms with E-state index in [4.69, 9.17) is 4.52 Å². The van der Waals surface area contributed by atoms with Gasteiger partial charge in [-0.05, 0) is 43.3 Å². The van der Waals surface area contributed by atoms with Crippen molar-refractivity contribution in [1.29, 1.82) is 0 Å². The summed E-state index contributed by atoms with van der Waals surface area (Å²) in [5, 5.41) is 6.84. The van der Waals surface area contributed by atoms with Crippen LogP contribution < -0.4 is 5.32 Å². The van der Waals surface area contributed by atoms with Gasteiger partial charge in [-0.25, -0.2) is 0 Å². The third-order valence-electron chi connectivity index (χ3n) is 4.61. The summed E-state index contributed by atoms with van der Waals surface area (Å²) in [7, 11) is 0. The fourth-order valence-electron chi connectivity index (χ4n) is 3.06. The van der Waals surface area contributed by atoms with Crippen LogP contribution in [0.2, 0.25) is 0 Å². The molecule has 1 amide bonds. The molecule has 0 bridgehead atoms. The number of pyridine rings is 1. The van der Waals surface area contributed by atoms with E-state index in [0.717, 1.165) is 5.56 Å². The predicted molar refractivity (Wildman–Crippen MR) is 102 cm³/mol. The van der Waals surface area contributed by atoms with Crippen LogP contribution in [-0.4, -0.2) is 51.3 Å². The molecule has 1 fully saturated rings. The Morgan fingerprint density at radius 1 is 1.21 bits per heavy atom. The molecule has 1 saturated heterocycles. The minimum Gasteiger partial charge on any atom is -0.339 e. The Kier molecular flexibility index (Phi) is 4.94. The predicted octanol–water partition coefficient (Wildman–Crippen LogP) is 2.37. The first-order valence-electron chi connectivity index (χ1n) is 8.95. The fourth-order valence-corrected chi connectivity index (χ4v) is 3.06. The van der Waals surface area contributed by atoms with Gasteiger partial charge in [-0.1, -0.05) is 5.16 Å². The molecule has 28 heavy (non-hydrogen) atoms. The smallest absolute Gasteiger partial charge is 0.238 e. The molecule has 3 heterocycles. The summed E-state index contributed by atoms with van der Waals surface area (Å²) >= 11 is 0. The number of carbonyl (C=O) groups is 2. The second-order valence-electron chi connectivity index (χ2n) is 6.77. The molecule has 0 spiro atoms. The van der Waals surface area contributed by atoms with Gasteiger partial charge in [0.25, 0.3) is 0 Å². The molecule has 8 nitrogen and oxygen atoms in total. The number of rotatable bonds is 6. The molecule has 3 aromatic rings. The van der Waals surface area contributed by atoms with Gasteiger partial charge in [0, 0.05) is 42.3 Å². The van der Waals surface area contributed by atoms with Gasteiger partial charge in [-0.3, -0.25) is 19.5 Å². The molecule has 0 saturated carbocycles. The molecule has 0 atom stereocenters. The first-order chi connectivity index (χ1) is 13.6. The number of Topliss-reactive ketones (excluding diaryl/α,β-unsaturated/α-hetero) is 1. The maximum atomic E-state index is 12.2. The second-order valence-corrected chi connectivity index (χ2v) is 6.77. The van der Waals surface area contributed by atoms with Crippen molar-refractivity contribution in [2.75, 3.05) is 25.0 Å². The van der Waals surface area contributed by atoms with Crippen molar-refractivity contribution in [1.82, 2.24) is 20.0 Å². The van der Waals surface area contributed by atoms with Gasteiger partial charge in [-0.15, -0.1) is 0 Å². The van der Waals surface area contributed by atoms with Crippen molar-refractivity contribution in [3.63, 3.8) is 0 Å². The Morgan fingerprint density at radius 3 is 2.68 bits per heavy atom. The number of hydrogen-bond donors (Lipinski definition) is 1. The van der Waals surface area contributed by atoms with Crippen molar-refractivity contribution in [2.24, 2.45) is 0 Å². The monoisotopic (exact) mass is 377 g/mol. The zero-order valence-corrected chi connectivity index (χ0v) is 15.3. The molecular weight excluding hydrogens is 358 g/mol. The summed E-state index contributed by atoms with van der Waals surface area (Å²) in [6.45, 7) is 3.17. The molecule has 1 N–H and O–H groups in total. The third kappa shape index (κ3) is 3.96. The van der Waals surface area contributed by atoms with E-state index >= 15 is 0 Å². The number of amides is 1. The highest BCUT2D eigenvalue weighted by Crippen LogP contribution is 2.27. The molecule has 0 unspecified atom stereocenters. The SMILES string of the molecule is CC(=O)c1ccc(NC(=O)CN2CC(c3nc(-c4cccnc4)no3)C2)cc1. The van der Waals surface area contributed by atoms with Crippen LogP contribution in [0.5, 0.6) is 0 Å². The molecule has 8 heteroatoms. The highest BCUT2D eigenvalue weighted by molar-refractivity contribution is 5.96. The van der Waals surface area contributed by atoms with E-state index in [-0.39, 0.29) is 24.2 Å². The van der Waals surface area contributed by atoms with Crippen molar-refractivity contribution in [3.05, 3.63) is 60.2 Å². The number of carbonyl (C=O) groups excluding carboxylic acids is 2. The fraction of sp³-hybridized carbons (Fsp3) is 0.250. The van der Waals surface area contributed by atoms with E-state index in [2.05, 4.69) is 20.4 Å². The van der Waals surface area contributed by atoms with Gasteiger partial charge in [-0.2, -0.15) is 4.98 Å². The molecule has 0 radical (unpaired) electrons. The van der Waals surface area contributed by atoms with Gasteiger partial charge in [0.15, 0.2) is 5.78 Å². The van der Waals surface area contributed by atoms with Crippen LogP contribution in [0.25, 0.3) is 11.4 Å². The van der Waals surface area contributed by atoms with Crippen LogP contribution in [0.1, 0.15) is 29.1 Å². The van der Waals surface area contributed by atoms with Crippen molar-refractivity contribution in [3.8, 4) is 11.4 Å². The molecule has 4 rings (SSSR count). The van der Waals surface area contributed by atoms with E-state index in [1.807, 2.05) is 17.0 Å². The Bertz CT molecular complexity index is 979. The Labute approximate surface area is 161 Å². The normalized spacial score (nSPS) is 14.5. The zero-order valence-electron chi connectivity index (χ0n) is 15.3. The highest BCUT2D eigenvalue weighted by atomic mass is 16.5. The van der Waals surface area contributed by atoms with Gasteiger partial charge in [0.2, 0.25) is 17.6 Å². The van der Waals surface area contributed by atoms with Crippen LogP contribution in [0, 0.1) is 0 Å². The molecule has 2 aromatic heterocycles. The lowest BCUT2D eigenvalue weighted by Gasteiger charge is -2.36. The highest BCUT2D eigenvalue weighted by Gasteiger charge is 2.33. The second kappa shape index (κ2) is 7.69. The van der Waals surface area contributed by atoms with Crippen LogP contribution >= 0.6 is 0 Å². The number of aromatic nitrogens is 3. The van der Waals surface area contributed by atoms with E-state index < -0.39 is 0 Å². The standard InChI is InChI=1S/C20H19N5O3/c1-13(26)14-4-6-17(7-5-14)22-18(27)12-25-10-16(11-25)20-23-19(24-28-20)15-3-2-8-21-9-15/h2-9,16H,10-12H2,1H3,(H,22,27). The molecular formula is C20H19N5O3. The lowest BCUT2D eigenvalue weighted by molar-refractivity contribution is -0.118. The van der Waals surface area contributed by atoms with Crippen molar-refractivity contribution < 1.29 is 14.1 Å². The molecule has 1 aliphatic rings. The topological polar surface area (TPSA) is 101 Å². The Hall–Kier alpha value is -3.39. The lowest BCUT2D eigenvalue weighted by Crippen LogP contribution is -2.48. The van der Waals surface area contributed by atoms with Crippen LogP contribution in [0.3, 0.4) is 0 Å². The van der Waals surface area contributed by atoms with Crippen LogP contribution in [0.15, 0.2) is 53.3 Å². The number of likely N-dealkylation sites (tertiary alicyclic amines) is 1. The van der Waals surface area contributed by atoms with E-state index in [0.29, 0.717) is 36.1 Å². The molecule has 1 aliphatic heterocycles. The summed E-state index contributed by atoms with van der Waals surface area (Å²) in [6.07, 6.45) is 3.38. The average Bonchev–Trinajstić information content (AvgIpc) is 3.15. The summed E-state index contributed by atoms with van der Waals surface area (Å²) in [4.78, 5) is 34.0. The largest absolute Gasteiger partial charge is 0.339 e. The summed E-state index contributed by atoms with van der Waals surface area (Å²) in [5.74, 6) is 1.12. The van der Waals surface area contributed by atoms with Gasteiger partial charge >= 0.3 is 0 Å². The Morgan fingerprint density at radius 2 is 2.00 bits per heavy atom. The first-order valence-corrected chi connectivity index (χ1v) is 8.95. The summed E-state index contributed by atoms with van der Waals surface area (Å²) < 4.78 is 5.36. The number of nitrogens with zero attached hydrogens (tertiary/aromatic N) is 4. The quantitative estimate of drug-likeness (QED) is 0.658. The van der Waals surface area contributed by atoms with Gasteiger partial charge in [0.1, 0.15) is 0 Å². The lowest BCUT2D eigenvalue weighted by atomic mass is 10.0. The number of ketones is 1. The minimum atomic E-state index is -0.101. The van der Waals surface area contributed by atoms with Crippen molar-refractivity contribution in [2.45, 2.75) is 12.8 Å². The number of anilines is 1. The summed E-state index contributed by atoms with van der Waals surface area (Å²) in [5.41, 5.74) is 2.10. The van der Waals surface area contributed by atoms with Gasteiger partial charge < -0.3 is 9.84 Å². The van der Waals surface area contributed by atoms with E-state index in [1.165, 1.54) is 6.92 Å². The number of hydrogen-bond acceptors (Lipinski definition) is 7. The first kappa shape index (κ1) is 18.0. The number of nitrogens with one attached hydrogen (secondary N) is 1. The average molecular weight is 377 g/mol. The van der Waals surface area contributed by atoms with E-state index in [9.17, 15) is 9.59 Å². The van der Waals surface area contributed by atoms with Gasteiger partial charge in [0.05, 0.1) is 12.5 Å². The zero-order chi connectivity index (χ0) is 19.5. The summed E-state index contributed by atoms with van der Waals surface area (Å²) in [6, 6.07) is 10.6. The molecule has 142 valence electrons. The van der Waals surface area contributed by atoms with Crippen molar-refractivity contribution >= 4 is 17.4 Å². The van der Waals surface area contributed by atoms with Crippen LogP contribution in [0.4, 0.5) is 5.69 Å². The molecule has 1 aromatic carbocycles.